The molecule has 10 heteroatoms. The number of rotatable bonds is 8. The number of piperidine rings is 1. The van der Waals surface area contributed by atoms with Crippen molar-refractivity contribution >= 4 is 37.5 Å². The molecule has 0 saturated carbocycles. The summed E-state index contributed by atoms with van der Waals surface area (Å²) in [6.07, 6.45) is 3.52. The highest BCUT2D eigenvalue weighted by Gasteiger charge is 2.32. The number of ether oxygens (including phenoxy) is 1. The molecule has 1 saturated heterocycles. The van der Waals surface area contributed by atoms with Gasteiger partial charge in [0, 0.05) is 31.3 Å². The van der Waals surface area contributed by atoms with Crippen molar-refractivity contribution < 1.29 is 22.3 Å². The number of para-hydroxylation sites is 1. The topological polar surface area (TPSA) is 81.0 Å². The van der Waals surface area contributed by atoms with E-state index in [0.717, 1.165) is 25.7 Å². The lowest BCUT2D eigenvalue weighted by Crippen LogP contribution is -2.43. The Balaban J connectivity index is 1.64. The van der Waals surface area contributed by atoms with Crippen molar-refractivity contribution in [3.05, 3.63) is 58.6 Å². The third kappa shape index (κ3) is 5.40. The van der Waals surface area contributed by atoms with Crippen LogP contribution >= 0.6 is 11.3 Å². The summed E-state index contributed by atoms with van der Waals surface area (Å²) >= 11 is 1.23. The van der Waals surface area contributed by atoms with E-state index in [4.69, 9.17) is 4.74 Å². The highest BCUT2D eigenvalue weighted by molar-refractivity contribution is 7.89. The van der Waals surface area contributed by atoms with Gasteiger partial charge in [-0.2, -0.15) is 9.30 Å². The number of hydrogen-bond donors (Lipinski definition) is 0. The number of halogens is 1. The van der Waals surface area contributed by atoms with Gasteiger partial charge in [0.2, 0.25) is 10.0 Å². The Hall–Kier alpha value is -2.40. The second-order valence-electron chi connectivity index (χ2n) is 8.43. The lowest BCUT2D eigenvalue weighted by atomic mass is 10.0. The lowest BCUT2D eigenvalue weighted by molar-refractivity contribution is 0.0996. The van der Waals surface area contributed by atoms with Crippen molar-refractivity contribution in [1.29, 1.82) is 0 Å². The summed E-state index contributed by atoms with van der Waals surface area (Å²) < 4.78 is 50.3. The van der Waals surface area contributed by atoms with Gasteiger partial charge in [-0.1, -0.05) is 30.7 Å². The Kier molecular flexibility index (Phi) is 8.16. The predicted molar refractivity (Wildman–Crippen MR) is 134 cm³/mol. The van der Waals surface area contributed by atoms with Crippen LogP contribution in [-0.4, -0.2) is 49.0 Å². The number of benzene rings is 2. The van der Waals surface area contributed by atoms with Crippen molar-refractivity contribution in [2.24, 2.45) is 4.99 Å². The summed E-state index contributed by atoms with van der Waals surface area (Å²) in [7, 11) is -3.63. The second-order valence-corrected chi connectivity index (χ2v) is 11.3. The molecule has 0 radical (unpaired) electrons. The van der Waals surface area contributed by atoms with Crippen molar-refractivity contribution in [3.8, 4) is 0 Å². The van der Waals surface area contributed by atoms with Crippen LogP contribution in [-0.2, 0) is 21.3 Å². The summed E-state index contributed by atoms with van der Waals surface area (Å²) in [4.78, 5) is 17.8. The third-order valence-corrected chi connectivity index (χ3v) is 9.27. The van der Waals surface area contributed by atoms with E-state index < -0.39 is 15.9 Å². The zero-order valence-electron chi connectivity index (χ0n) is 19.9. The Morgan fingerprint density at radius 2 is 1.94 bits per heavy atom. The van der Waals surface area contributed by atoms with E-state index in [1.165, 1.54) is 41.7 Å². The van der Waals surface area contributed by atoms with Crippen molar-refractivity contribution in [2.45, 2.75) is 57.0 Å². The van der Waals surface area contributed by atoms with Gasteiger partial charge in [-0.3, -0.25) is 4.79 Å². The van der Waals surface area contributed by atoms with Gasteiger partial charge in [-0.15, -0.1) is 0 Å². The van der Waals surface area contributed by atoms with Crippen molar-refractivity contribution in [3.63, 3.8) is 0 Å². The van der Waals surface area contributed by atoms with Crippen LogP contribution in [0.2, 0.25) is 0 Å². The number of aromatic nitrogens is 1. The minimum Gasteiger partial charge on any atom is -0.380 e. The van der Waals surface area contributed by atoms with Gasteiger partial charge in [-0.25, -0.2) is 12.8 Å². The number of hydrogen-bond acceptors (Lipinski definition) is 5. The molecule has 0 bridgehead atoms. The second kappa shape index (κ2) is 11.1. The van der Waals surface area contributed by atoms with Gasteiger partial charge in [0.15, 0.2) is 4.80 Å². The average molecular weight is 520 g/mol. The fraction of sp³-hybridized carbons (Fsp3) is 0.440. The molecule has 1 atom stereocenters. The van der Waals surface area contributed by atoms with Crippen LogP contribution in [0.4, 0.5) is 4.39 Å². The predicted octanol–water partition coefficient (Wildman–Crippen LogP) is 4.57. The van der Waals surface area contributed by atoms with Gasteiger partial charge in [0.25, 0.3) is 5.91 Å². The van der Waals surface area contributed by atoms with E-state index in [2.05, 4.69) is 4.99 Å². The standard InChI is InChI=1S/C25H30FN3O4S2/c1-3-19-8-5-6-15-29(19)35(31,32)20-13-11-18(12-14-20)24(30)27-25-28(16-17-33-4-2)23-21(26)9-7-10-22(23)34-25/h7,9-14,19H,3-6,8,15-17H2,1-2H3. The van der Waals surface area contributed by atoms with E-state index >= 15 is 0 Å². The monoisotopic (exact) mass is 519 g/mol. The van der Waals surface area contributed by atoms with Crippen molar-refractivity contribution in [1.82, 2.24) is 8.87 Å². The molecule has 1 aliphatic heterocycles. The maximum atomic E-state index is 14.5. The molecule has 1 amide bonds. The van der Waals surface area contributed by atoms with E-state index in [1.807, 2.05) is 13.8 Å². The zero-order valence-corrected chi connectivity index (χ0v) is 21.6. The molecule has 2 heterocycles. The van der Waals surface area contributed by atoms with Crippen LogP contribution in [0.5, 0.6) is 0 Å². The summed E-state index contributed by atoms with van der Waals surface area (Å²) in [6.45, 7) is 5.64. The van der Waals surface area contributed by atoms with Crippen LogP contribution in [0.25, 0.3) is 10.2 Å². The zero-order chi connectivity index (χ0) is 25.0. The van der Waals surface area contributed by atoms with E-state index in [0.29, 0.717) is 41.3 Å². The fourth-order valence-electron chi connectivity index (χ4n) is 4.43. The minimum atomic E-state index is -3.63. The number of carbonyl (C=O) groups is 1. The number of nitrogens with zero attached hydrogens (tertiary/aromatic N) is 3. The number of amides is 1. The maximum absolute atomic E-state index is 14.5. The first-order chi connectivity index (χ1) is 16.9. The molecule has 35 heavy (non-hydrogen) atoms. The number of thiazole rings is 1. The minimum absolute atomic E-state index is 0.00514. The molecule has 7 nitrogen and oxygen atoms in total. The summed E-state index contributed by atoms with van der Waals surface area (Å²) in [6, 6.07) is 10.7. The van der Waals surface area contributed by atoms with Gasteiger partial charge < -0.3 is 9.30 Å². The number of fused-ring (bicyclic) bond motifs is 1. The van der Waals surface area contributed by atoms with Gasteiger partial charge in [-0.05, 0) is 62.6 Å². The Bertz CT molecular complexity index is 1360. The van der Waals surface area contributed by atoms with Crippen LogP contribution < -0.4 is 4.80 Å². The quantitative estimate of drug-likeness (QED) is 0.408. The van der Waals surface area contributed by atoms with Gasteiger partial charge in [0.05, 0.1) is 21.7 Å². The summed E-state index contributed by atoms with van der Waals surface area (Å²) in [5.74, 6) is -0.905. The Morgan fingerprint density at radius 3 is 2.66 bits per heavy atom. The Labute approximate surface area is 208 Å². The van der Waals surface area contributed by atoms with Crippen LogP contribution in [0.3, 0.4) is 0 Å². The van der Waals surface area contributed by atoms with E-state index in [9.17, 15) is 17.6 Å². The molecule has 2 aromatic carbocycles. The third-order valence-electron chi connectivity index (χ3n) is 6.26. The highest BCUT2D eigenvalue weighted by atomic mass is 32.2. The fourth-order valence-corrected chi connectivity index (χ4v) is 7.27. The van der Waals surface area contributed by atoms with E-state index in [1.54, 1.807) is 21.0 Å². The van der Waals surface area contributed by atoms with Crippen LogP contribution in [0.1, 0.15) is 49.9 Å². The molecule has 188 valence electrons. The molecular weight excluding hydrogens is 489 g/mol. The molecule has 0 aliphatic carbocycles. The molecule has 3 aromatic rings. The van der Waals surface area contributed by atoms with Crippen LogP contribution in [0, 0.1) is 5.82 Å². The molecular formula is C25H30FN3O4S2. The average Bonchev–Trinajstić information content (AvgIpc) is 3.22. The van der Waals surface area contributed by atoms with Crippen LogP contribution in [0.15, 0.2) is 52.4 Å². The van der Waals surface area contributed by atoms with Crippen molar-refractivity contribution in [2.75, 3.05) is 19.8 Å². The first-order valence-corrected chi connectivity index (χ1v) is 14.2. The first kappa shape index (κ1) is 25.7. The molecule has 1 unspecified atom stereocenters. The maximum Gasteiger partial charge on any atom is 0.279 e. The molecule has 1 aromatic heterocycles. The molecule has 0 N–H and O–H groups in total. The largest absolute Gasteiger partial charge is 0.380 e. The lowest BCUT2D eigenvalue weighted by Gasteiger charge is -2.34. The highest BCUT2D eigenvalue weighted by Crippen LogP contribution is 2.27. The Morgan fingerprint density at radius 1 is 1.17 bits per heavy atom. The first-order valence-electron chi connectivity index (χ1n) is 11.9. The van der Waals surface area contributed by atoms with Gasteiger partial charge in [0.1, 0.15) is 5.82 Å². The molecule has 0 spiro atoms. The van der Waals surface area contributed by atoms with Gasteiger partial charge >= 0.3 is 0 Å². The molecule has 4 rings (SSSR count). The SMILES string of the molecule is CCOCCn1c(=NC(=O)c2ccc(S(=O)(=O)N3CCCCC3CC)cc2)sc2cccc(F)c21. The molecule has 1 fully saturated rings. The smallest absolute Gasteiger partial charge is 0.279 e. The number of carbonyl (C=O) groups excluding carboxylic acids is 1. The normalized spacial score (nSPS) is 17.8. The van der Waals surface area contributed by atoms with E-state index in [-0.39, 0.29) is 22.3 Å². The number of sulfonamides is 1. The summed E-state index contributed by atoms with van der Waals surface area (Å²) in [5, 5.41) is 0. The summed E-state index contributed by atoms with van der Waals surface area (Å²) in [5.41, 5.74) is 0.654. The molecule has 1 aliphatic rings.